The lowest BCUT2D eigenvalue weighted by Crippen LogP contribution is -2.16. The molecule has 1 amide bonds. The van der Waals surface area contributed by atoms with Crippen LogP contribution >= 0.6 is 23.2 Å². The summed E-state index contributed by atoms with van der Waals surface area (Å²) in [7, 11) is 1.72. The van der Waals surface area contributed by atoms with E-state index in [0.29, 0.717) is 10.7 Å². The van der Waals surface area contributed by atoms with Crippen molar-refractivity contribution >= 4 is 35.1 Å². The molecule has 0 aliphatic carbocycles. The first-order chi connectivity index (χ1) is 8.06. The second kappa shape index (κ2) is 4.73. The fraction of sp³-hybridized carbons (Fsp3) is 0.100. The standard InChI is InChI=1S/C10H8Cl2N4O/c1-16-5-6(11)4-7(16)9(17)15-10-13-3-2-8(12)14-10/h2-5H,1H3,(H,13,14,15,17). The number of anilines is 1. The number of aromatic nitrogens is 3. The Labute approximate surface area is 107 Å². The van der Waals surface area contributed by atoms with Gasteiger partial charge in [-0.15, -0.1) is 0 Å². The highest BCUT2D eigenvalue weighted by Crippen LogP contribution is 2.14. The van der Waals surface area contributed by atoms with E-state index in [1.54, 1.807) is 23.9 Å². The zero-order valence-electron chi connectivity index (χ0n) is 8.82. The number of halogens is 2. The van der Waals surface area contributed by atoms with Gasteiger partial charge in [-0.2, -0.15) is 0 Å². The summed E-state index contributed by atoms with van der Waals surface area (Å²) in [6.45, 7) is 0. The zero-order chi connectivity index (χ0) is 12.4. The Bertz CT molecular complexity index is 567. The number of carbonyl (C=O) groups excluding carboxylic acids is 1. The van der Waals surface area contributed by atoms with Crippen LogP contribution in [0.1, 0.15) is 10.5 Å². The van der Waals surface area contributed by atoms with Gasteiger partial charge in [-0.1, -0.05) is 23.2 Å². The fourth-order valence-electron chi connectivity index (χ4n) is 1.31. The molecule has 0 bridgehead atoms. The van der Waals surface area contributed by atoms with Gasteiger partial charge in [0.2, 0.25) is 5.95 Å². The lowest BCUT2D eigenvalue weighted by atomic mass is 10.4. The van der Waals surface area contributed by atoms with E-state index in [1.807, 2.05) is 0 Å². The average molecular weight is 271 g/mol. The molecule has 5 nitrogen and oxygen atoms in total. The first kappa shape index (κ1) is 11.9. The van der Waals surface area contributed by atoms with E-state index in [4.69, 9.17) is 23.2 Å². The summed E-state index contributed by atoms with van der Waals surface area (Å²) in [4.78, 5) is 19.6. The van der Waals surface area contributed by atoms with Gasteiger partial charge in [-0.25, -0.2) is 9.97 Å². The van der Waals surface area contributed by atoms with Crippen molar-refractivity contribution in [3.63, 3.8) is 0 Å². The second-order valence-corrected chi connectivity index (χ2v) is 4.14. The minimum Gasteiger partial charge on any atom is -0.345 e. The normalized spacial score (nSPS) is 10.3. The van der Waals surface area contributed by atoms with E-state index in [2.05, 4.69) is 15.3 Å². The minimum absolute atomic E-state index is 0.153. The van der Waals surface area contributed by atoms with E-state index in [-0.39, 0.29) is 17.0 Å². The molecular weight excluding hydrogens is 263 g/mol. The molecule has 2 aromatic heterocycles. The van der Waals surface area contributed by atoms with Crippen LogP contribution in [-0.2, 0) is 7.05 Å². The van der Waals surface area contributed by atoms with Crippen LogP contribution in [0.4, 0.5) is 5.95 Å². The maximum atomic E-state index is 11.8. The van der Waals surface area contributed by atoms with Crippen molar-refractivity contribution in [1.29, 1.82) is 0 Å². The van der Waals surface area contributed by atoms with Gasteiger partial charge >= 0.3 is 0 Å². The molecule has 0 aliphatic rings. The number of nitrogens with one attached hydrogen (secondary N) is 1. The maximum absolute atomic E-state index is 11.8. The molecule has 2 heterocycles. The van der Waals surface area contributed by atoms with Gasteiger partial charge in [0.1, 0.15) is 10.8 Å². The van der Waals surface area contributed by atoms with Gasteiger partial charge in [0, 0.05) is 19.4 Å². The highest BCUT2D eigenvalue weighted by atomic mass is 35.5. The number of rotatable bonds is 2. The lowest BCUT2D eigenvalue weighted by molar-refractivity contribution is 0.101. The molecule has 7 heteroatoms. The Kier molecular flexibility index (Phi) is 3.31. The summed E-state index contributed by atoms with van der Waals surface area (Å²) >= 11 is 11.5. The fourth-order valence-corrected chi connectivity index (χ4v) is 1.70. The first-order valence-corrected chi connectivity index (χ1v) is 5.43. The van der Waals surface area contributed by atoms with Crippen LogP contribution in [0.3, 0.4) is 0 Å². The van der Waals surface area contributed by atoms with Crippen molar-refractivity contribution in [2.75, 3.05) is 5.32 Å². The first-order valence-electron chi connectivity index (χ1n) is 4.68. The molecule has 0 aromatic carbocycles. The third-order valence-electron chi connectivity index (χ3n) is 2.05. The smallest absolute Gasteiger partial charge is 0.274 e. The second-order valence-electron chi connectivity index (χ2n) is 3.31. The van der Waals surface area contributed by atoms with Crippen molar-refractivity contribution < 1.29 is 4.79 Å². The van der Waals surface area contributed by atoms with Gasteiger partial charge < -0.3 is 4.57 Å². The summed E-state index contributed by atoms with van der Waals surface area (Å²) in [5.74, 6) is -0.193. The Morgan fingerprint density at radius 1 is 1.47 bits per heavy atom. The highest BCUT2D eigenvalue weighted by Gasteiger charge is 2.12. The molecule has 0 fully saturated rings. The van der Waals surface area contributed by atoms with Gasteiger partial charge in [0.15, 0.2) is 0 Å². The third-order valence-corrected chi connectivity index (χ3v) is 2.47. The Hall–Kier alpha value is -1.59. The molecule has 0 unspecified atom stereocenters. The Morgan fingerprint density at radius 2 is 2.24 bits per heavy atom. The van der Waals surface area contributed by atoms with Crippen LogP contribution in [-0.4, -0.2) is 20.4 Å². The zero-order valence-corrected chi connectivity index (χ0v) is 10.3. The number of aryl methyl sites for hydroxylation is 1. The van der Waals surface area contributed by atoms with E-state index in [0.717, 1.165) is 0 Å². The van der Waals surface area contributed by atoms with Crippen molar-refractivity contribution in [3.8, 4) is 0 Å². The van der Waals surface area contributed by atoms with Crippen molar-refractivity contribution in [2.45, 2.75) is 0 Å². The number of carbonyl (C=O) groups is 1. The summed E-state index contributed by atoms with van der Waals surface area (Å²) in [6, 6.07) is 3.08. The van der Waals surface area contributed by atoms with Crippen LogP contribution in [0, 0.1) is 0 Å². The Morgan fingerprint density at radius 3 is 2.82 bits per heavy atom. The summed E-state index contributed by atoms with van der Waals surface area (Å²) in [6.07, 6.45) is 3.10. The third kappa shape index (κ3) is 2.75. The minimum atomic E-state index is -0.346. The molecular formula is C10H8Cl2N4O. The van der Waals surface area contributed by atoms with Crippen LogP contribution in [0.2, 0.25) is 10.2 Å². The van der Waals surface area contributed by atoms with Crippen molar-refractivity contribution in [3.05, 3.63) is 40.4 Å². The number of amides is 1. The molecule has 1 N–H and O–H groups in total. The molecule has 0 aliphatic heterocycles. The summed E-state index contributed by atoms with van der Waals surface area (Å²) < 4.78 is 1.61. The highest BCUT2D eigenvalue weighted by molar-refractivity contribution is 6.31. The SMILES string of the molecule is Cn1cc(Cl)cc1C(=O)Nc1nccc(Cl)n1. The van der Waals surface area contributed by atoms with Crippen LogP contribution in [0.25, 0.3) is 0 Å². The van der Waals surface area contributed by atoms with Crippen LogP contribution in [0.15, 0.2) is 24.5 Å². The molecule has 0 saturated carbocycles. The lowest BCUT2D eigenvalue weighted by Gasteiger charge is -2.04. The molecule has 17 heavy (non-hydrogen) atoms. The number of hydrogen-bond acceptors (Lipinski definition) is 3. The topological polar surface area (TPSA) is 59.8 Å². The van der Waals surface area contributed by atoms with Crippen molar-refractivity contribution in [1.82, 2.24) is 14.5 Å². The molecule has 2 rings (SSSR count). The van der Waals surface area contributed by atoms with Gasteiger partial charge in [0.25, 0.3) is 5.91 Å². The number of hydrogen-bond donors (Lipinski definition) is 1. The van der Waals surface area contributed by atoms with Crippen LogP contribution in [0.5, 0.6) is 0 Å². The van der Waals surface area contributed by atoms with Gasteiger partial charge in [-0.05, 0) is 12.1 Å². The number of nitrogens with zero attached hydrogens (tertiary/aromatic N) is 3. The Balaban J connectivity index is 2.20. The van der Waals surface area contributed by atoms with E-state index in [1.165, 1.54) is 12.3 Å². The molecule has 0 atom stereocenters. The van der Waals surface area contributed by atoms with E-state index >= 15 is 0 Å². The largest absolute Gasteiger partial charge is 0.345 e. The maximum Gasteiger partial charge on any atom is 0.274 e. The van der Waals surface area contributed by atoms with Gasteiger partial charge in [-0.3, -0.25) is 10.1 Å². The van der Waals surface area contributed by atoms with Crippen molar-refractivity contribution in [2.24, 2.45) is 7.05 Å². The summed E-state index contributed by atoms with van der Waals surface area (Å²) in [5, 5.41) is 3.28. The predicted molar refractivity (Wildman–Crippen MR) is 65.4 cm³/mol. The average Bonchev–Trinajstić information content (AvgIpc) is 2.58. The van der Waals surface area contributed by atoms with E-state index in [9.17, 15) is 4.79 Å². The molecule has 0 radical (unpaired) electrons. The molecule has 88 valence electrons. The molecule has 0 saturated heterocycles. The quantitative estimate of drug-likeness (QED) is 0.853. The molecule has 2 aromatic rings. The molecule has 0 spiro atoms. The van der Waals surface area contributed by atoms with E-state index < -0.39 is 0 Å². The monoisotopic (exact) mass is 270 g/mol. The van der Waals surface area contributed by atoms with Gasteiger partial charge in [0.05, 0.1) is 5.02 Å². The summed E-state index contributed by atoms with van der Waals surface area (Å²) in [5.41, 5.74) is 0.415. The van der Waals surface area contributed by atoms with Crippen LogP contribution < -0.4 is 5.32 Å². The predicted octanol–water partition coefficient (Wildman–Crippen LogP) is 2.37.